The Morgan fingerprint density at radius 1 is 1.86 bits per heavy atom. The molecule has 1 rings (SSSR count). The second-order valence-electron chi connectivity index (χ2n) is 1.25. The molecule has 7 heavy (non-hydrogen) atoms. The first-order chi connectivity index (χ1) is 3.43. The summed E-state index contributed by atoms with van der Waals surface area (Å²) in [5.41, 5.74) is 0. The molecule has 1 radical (unpaired) electrons. The van der Waals surface area contributed by atoms with Gasteiger partial charge in [-0.3, -0.25) is 10.3 Å². The van der Waals surface area contributed by atoms with Gasteiger partial charge in [-0.1, -0.05) is 0 Å². The van der Waals surface area contributed by atoms with Gasteiger partial charge >= 0.3 is 0 Å². The van der Waals surface area contributed by atoms with E-state index in [1.807, 2.05) is 0 Å². The molecule has 0 aliphatic carbocycles. The van der Waals surface area contributed by atoms with Crippen LogP contribution in [0.25, 0.3) is 0 Å². The van der Waals surface area contributed by atoms with E-state index in [2.05, 4.69) is 10.3 Å². The molecule has 0 aromatic rings. The molecule has 0 bridgehead atoms. The van der Waals surface area contributed by atoms with E-state index in [0.717, 1.165) is 0 Å². The molecule has 1 atom stereocenters. The molecule has 0 saturated heterocycles. The highest BCUT2D eigenvalue weighted by Gasteiger charge is 2.04. The fourth-order valence-corrected chi connectivity index (χ4v) is 0.410. The van der Waals surface area contributed by atoms with Crippen LogP contribution in [0.4, 0.5) is 0 Å². The summed E-state index contributed by atoms with van der Waals surface area (Å²) in [5, 5.41) is 2.84. The van der Waals surface area contributed by atoms with E-state index in [1.165, 1.54) is 0 Å². The Balaban J connectivity index is 2.28. The van der Waals surface area contributed by atoms with Crippen LogP contribution < -0.4 is 5.32 Å². The second kappa shape index (κ2) is 2.04. The quantitative estimate of drug-likeness (QED) is 0.492. The predicted octanol–water partition coefficient (Wildman–Crippen LogP) is -0.248. The van der Waals surface area contributed by atoms with E-state index in [0.29, 0.717) is 0 Å². The Hall–Kier alpha value is -0.410. The number of hydrogen-bond donors (Lipinski definition) is 1. The zero-order valence-corrected chi connectivity index (χ0v) is 4.09. The van der Waals surface area contributed by atoms with Crippen LogP contribution in [0.2, 0.25) is 0 Å². The number of methoxy groups -OCH3 is 1. The molecule has 1 unspecified atom stereocenters. The van der Waals surface area contributed by atoms with Crippen molar-refractivity contribution < 1.29 is 4.74 Å². The van der Waals surface area contributed by atoms with E-state index in [1.54, 1.807) is 20.0 Å². The zero-order valence-electron chi connectivity index (χ0n) is 4.09. The third kappa shape index (κ3) is 0.976. The zero-order chi connectivity index (χ0) is 5.11. The first-order valence-electron chi connectivity index (χ1n) is 2.07. The van der Waals surface area contributed by atoms with Crippen molar-refractivity contribution in [1.29, 1.82) is 0 Å². The Bertz CT molecular complexity index is 81.8. The Kier molecular flexibility index (Phi) is 1.38. The van der Waals surface area contributed by atoms with Crippen LogP contribution in [-0.2, 0) is 4.74 Å². The van der Waals surface area contributed by atoms with Crippen LogP contribution in [-0.4, -0.2) is 19.6 Å². The largest absolute Gasteiger partial charge is 0.361 e. The van der Waals surface area contributed by atoms with Crippen molar-refractivity contribution >= 4 is 6.21 Å². The SMILES string of the molecule is COC1C=N[CH]N1. The average molecular weight is 99.1 g/mol. The van der Waals surface area contributed by atoms with E-state index in [-0.39, 0.29) is 6.23 Å². The molecule has 1 aliphatic heterocycles. The Labute approximate surface area is 42.4 Å². The van der Waals surface area contributed by atoms with Crippen molar-refractivity contribution in [3.05, 3.63) is 6.67 Å². The van der Waals surface area contributed by atoms with Gasteiger partial charge in [0.25, 0.3) is 0 Å². The lowest BCUT2D eigenvalue weighted by Gasteiger charge is -2.00. The fourth-order valence-electron chi connectivity index (χ4n) is 0.410. The molecular weight excluding hydrogens is 92.1 g/mol. The lowest BCUT2D eigenvalue weighted by molar-refractivity contribution is 0.145. The van der Waals surface area contributed by atoms with Crippen LogP contribution in [0.15, 0.2) is 4.99 Å². The van der Waals surface area contributed by atoms with Crippen LogP contribution in [0.3, 0.4) is 0 Å². The maximum absolute atomic E-state index is 4.82. The van der Waals surface area contributed by atoms with Crippen LogP contribution >= 0.6 is 0 Å². The van der Waals surface area contributed by atoms with E-state index < -0.39 is 0 Å². The minimum Gasteiger partial charge on any atom is -0.361 e. The second-order valence-corrected chi connectivity index (χ2v) is 1.25. The molecule has 3 heteroatoms. The Morgan fingerprint density at radius 3 is 3.00 bits per heavy atom. The summed E-state index contributed by atoms with van der Waals surface area (Å²) in [4.78, 5) is 3.75. The van der Waals surface area contributed by atoms with Crippen LogP contribution in [0, 0.1) is 6.67 Å². The molecule has 0 aromatic carbocycles. The molecule has 0 aromatic heterocycles. The topological polar surface area (TPSA) is 33.6 Å². The Morgan fingerprint density at radius 2 is 2.71 bits per heavy atom. The summed E-state index contributed by atoms with van der Waals surface area (Å²) in [7, 11) is 1.63. The molecule has 1 N–H and O–H groups in total. The maximum atomic E-state index is 4.82. The van der Waals surface area contributed by atoms with Crippen LogP contribution in [0.5, 0.6) is 0 Å². The van der Waals surface area contributed by atoms with Crippen molar-refractivity contribution in [3.8, 4) is 0 Å². The molecule has 0 spiro atoms. The molecule has 0 amide bonds. The summed E-state index contributed by atoms with van der Waals surface area (Å²) in [5.74, 6) is 0. The lowest BCUT2D eigenvalue weighted by Crippen LogP contribution is -2.23. The first kappa shape index (κ1) is 4.74. The molecule has 1 heterocycles. The van der Waals surface area contributed by atoms with Gasteiger partial charge in [0.05, 0.1) is 0 Å². The summed E-state index contributed by atoms with van der Waals surface area (Å²) < 4.78 is 4.82. The maximum Gasteiger partial charge on any atom is 0.145 e. The first-order valence-corrected chi connectivity index (χ1v) is 2.07. The molecule has 0 fully saturated rings. The van der Waals surface area contributed by atoms with Gasteiger partial charge < -0.3 is 4.74 Å². The number of hydrogen-bond acceptors (Lipinski definition) is 3. The van der Waals surface area contributed by atoms with Gasteiger partial charge in [-0.25, -0.2) is 0 Å². The van der Waals surface area contributed by atoms with Crippen LogP contribution in [0.1, 0.15) is 0 Å². The summed E-state index contributed by atoms with van der Waals surface area (Å²) >= 11 is 0. The van der Waals surface area contributed by atoms with E-state index in [4.69, 9.17) is 4.74 Å². The fraction of sp³-hybridized carbons (Fsp3) is 0.500. The summed E-state index contributed by atoms with van der Waals surface area (Å²) in [6.45, 7) is 1.61. The highest BCUT2D eigenvalue weighted by Crippen LogP contribution is 1.89. The van der Waals surface area contributed by atoms with Gasteiger partial charge in [-0.15, -0.1) is 0 Å². The monoisotopic (exact) mass is 99.1 g/mol. The number of nitrogens with zero attached hydrogens (tertiary/aromatic N) is 1. The van der Waals surface area contributed by atoms with Gasteiger partial charge in [-0.2, -0.15) is 0 Å². The number of rotatable bonds is 1. The highest BCUT2D eigenvalue weighted by atomic mass is 16.5. The molecule has 39 valence electrons. The average Bonchev–Trinajstić information content (AvgIpc) is 2.14. The van der Waals surface area contributed by atoms with Gasteiger partial charge in [0.1, 0.15) is 12.9 Å². The van der Waals surface area contributed by atoms with Crippen molar-refractivity contribution in [2.75, 3.05) is 7.11 Å². The lowest BCUT2D eigenvalue weighted by atomic mass is 10.7. The number of aliphatic imine (C=N–C) groups is 1. The minimum absolute atomic E-state index is 0.000000000000000222. The number of nitrogens with one attached hydrogen (secondary N) is 1. The standard InChI is InChI=1S/C4H7N2O/c1-7-4-2-5-3-6-4/h2-4,6H,1H3. The molecule has 1 aliphatic rings. The third-order valence-electron chi connectivity index (χ3n) is 0.789. The van der Waals surface area contributed by atoms with E-state index >= 15 is 0 Å². The number of ether oxygens (including phenoxy) is 1. The van der Waals surface area contributed by atoms with Gasteiger partial charge in [-0.05, 0) is 0 Å². The van der Waals surface area contributed by atoms with Gasteiger partial charge in [0.15, 0.2) is 0 Å². The summed E-state index contributed by atoms with van der Waals surface area (Å²) in [6.07, 6.45) is 1.69. The van der Waals surface area contributed by atoms with Crippen molar-refractivity contribution in [2.45, 2.75) is 6.23 Å². The van der Waals surface area contributed by atoms with E-state index in [9.17, 15) is 0 Å². The predicted molar refractivity (Wildman–Crippen MR) is 26.7 cm³/mol. The smallest absolute Gasteiger partial charge is 0.145 e. The van der Waals surface area contributed by atoms with Crippen molar-refractivity contribution in [1.82, 2.24) is 5.32 Å². The normalized spacial score (nSPS) is 29.0. The van der Waals surface area contributed by atoms with Crippen molar-refractivity contribution in [2.24, 2.45) is 4.99 Å². The molecular formula is C4H7N2O. The minimum atomic E-state index is -0.000000000000000222. The van der Waals surface area contributed by atoms with Gasteiger partial charge in [0, 0.05) is 13.3 Å². The summed E-state index contributed by atoms with van der Waals surface area (Å²) in [6, 6.07) is 0. The van der Waals surface area contributed by atoms with Gasteiger partial charge in [0.2, 0.25) is 0 Å². The third-order valence-corrected chi connectivity index (χ3v) is 0.789. The molecule has 3 nitrogen and oxygen atoms in total. The van der Waals surface area contributed by atoms with Crippen molar-refractivity contribution in [3.63, 3.8) is 0 Å². The highest BCUT2D eigenvalue weighted by molar-refractivity contribution is 5.65. The molecule has 0 saturated carbocycles.